The van der Waals surface area contributed by atoms with Crippen molar-refractivity contribution >= 4 is 102 Å². The Labute approximate surface area is 308 Å². The van der Waals surface area contributed by atoms with E-state index >= 15 is 0 Å². The molecule has 8 aromatic carbocycles. The maximum absolute atomic E-state index is 6.31. The number of fused-ring (bicyclic) bond motifs is 10. The minimum atomic E-state index is 0.925. The van der Waals surface area contributed by atoms with Crippen molar-refractivity contribution in [2.24, 2.45) is 0 Å². The van der Waals surface area contributed by atoms with E-state index in [0.717, 1.165) is 33.6 Å². The van der Waals surface area contributed by atoms with Gasteiger partial charge in [0.05, 0.1) is 10.4 Å². The van der Waals surface area contributed by atoms with E-state index in [1.807, 2.05) is 28.7 Å². The highest BCUT2D eigenvalue weighted by Crippen LogP contribution is 2.48. The number of rotatable bonds is 5. The maximum Gasteiger partial charge on any atom is 0.136 e. The van der Waals surface area contributed by atoms with Gasteiger partial charge in [0.1, 0.15) is 11.2 Å². The Kier molecular flexibility index (Phi) is 6.63. The van der Waals surface area contributed by atoms with Crippen LogP contribution in [-0.2, 0) is 0 Å². The highest BCUT2D eigenvalue weighted by atomic mass is 32.1. The van der Waals surface area contributed by atoms with Gasteiger partial charge < -0.3 is 9.32 Å². The van der Waals surface area contributed by atoms with Gasteiger partial charge in [-0.05, 0) is 89.0 Å². The van der Waals surface area contributed by atoms with E-state index in [4.69, 9.17) is 4.42 Å². The van der Waals surface area contributed by atoms with Crippen LogP contribution in [0.25, 0.3) is 84.5 Å². The van der Waals surface area contributed by atoms with Crippen LogP contribution in [0.3, 0.4) is 0 Å². The first kappa shape index (κ1) is 29.5. The van der Waals surface area contributed by atoms with Crippen LogP contribution in [0.5, 0.6) is 0 Å². The van der Waals surface area contributed by atoms with Crippen molar-refractivity contribution in [2.75, 3.05) is 4.90 Å². The number of anilines is 3. The fourth-order valence-electron chi connectivity index (χ4n) is 7.80. The predicted octanol–water partition coefficient (Wildman–Crippen LogP) is 15.1. The van der Waals surface area contributed by atoms with Crippen molar-refractivity contribution < 1.29 is 4.42 Å². The molecule has 244 valence electrons. The molecule has 4 heteroatoms. The van der Waals surface area contributed by atoms with Gasteiger partial charge in [0, 0.05) is 57.8 Å². The zero-order valence-corrected chi connectivity index (χ0v) is 29.5. The van der Waals surface area contributed by atoms with Gasteiger partial charge in [0.15, 0.2) is 0 Å². The second-order valence-electron chi connectivity index (χ2n) is 13.3. The molecule has 11 rings (SSSR count). The highest BCUT2D eigenvalue weighted by molar-refractivity contribution is 7.27. The summed E-state index contributed by atoms with van der Waals surface area (Å²) >= 11 is 3.72. The molecule has 0 fully saturated rings. The van der Waals surface area contributed by atoms with Crippen LogP contribution in [0.2, 0.25) is 0 Å². The zero-order valence-electron chi connectivity index (χ0n) is 27.9. The number of thiophene rings is 2. The van der Waals surface area contributed by atoms with Crippen molar-refractivity contribution in [1.82, 2.24) is 0 Å². The lowest BCUT2D eigenvalue weighted by molar-refractivity contribution is 0.669. The predicted molar refractivity (Wildman–Crippen MR) is 225 cm³/mol. The molecule has 0 aliphatic heterocycles. The van der Waals surface area contributed by atoms with E-state index in [0.29, 0.717) is 0 Å². The molecule has 0 saturated carbocycles. The molecule has 52 heavy (non-hydrogen) atoms. The van der Waals surface area contributed by atoms with Gasteiger partial charge in [0.2, 0.25) is 0 Å². The van der Waals surface area contributed by atoms with Gasteiger partial charge >= 0.3 is 0 Å². The van der Waals surface area contributed by atoms with Crippen molar-refractivity contribution in [3.05, 3.63) is 176 Å². The summed E-state index contributed by atoms with van der Waals surface area (Å²) in [5.74, 6) is 0. The normalized spacial score (nSPS) is 11.8. The third-order valence-electron chi connectivity index (χ3n) is 10.3. The Morgan fingerprint density at radius 3 is 1.79 bits per heavy atom. The Bertz CT molecular complexity index is 3110. The van der Waals surface area contributed by atoms with Gasteiger partial charge in [0.25, 0.3) is 0 Å². The average Bonchev–Trinajstić information content (AvgIpc) is 3.90. The summed E-state index contributed by atoms with van der Waals surface area (Å²) in [6.07, 6.45) is 0. The van der Waals surface area contributed by atoms with E-state index < -0.39 is 0 Å². The minimum Gasteiger partial charge on any atom is -0.456 e. The molecule has 11 aromatic rings. The fraction of sp³-hybridized carbons (Fsp3) is 0. The van der Waals surface area contributed by atoms with Crippen LogP contribution >= 0.6 is 22.7 Å². The molecule has 0 aliphatic carbocycles. The summed E-state index contributed by atoms with van der Waals surface area (Å²) in [6.45, 7) is 0. The molecule has 0 unspecified atom stereocenters. The summed E-state index contributed by atoms with van der Waals surface area (Å²) < 4.78 is 11.5. The third kappa shape index (κ3) is 4.62. The van der Waals surface area contributed by atoms with Crippen molar-refractivity contribution in [3.8, 4) is 22.3 Å². The number of benzene rings is 8. The van der Waals surface area contributed by atoms with E-state index in [1.165, 1.54) is 68.0 Å². The molecule has 0 bridgehead atoms. The fourth-order valence-corrected chi connectivity index (χ4v) is 10.2. The van der Waals surface area contributed by atoms with Crippen molar-refractivity contribution in [3.63, 3.8) is 0 Å². The lowest BCUT2D eigenvalue weighted by atomic mass is 10.0. The summed E-state index contributed by atoms with van der Waals surface area (Å²) in [7, 11) is 0. The number of hydrogen-bond acceptors (Lipinski definition) is 4. The smallest absolute Gasteiger partial charge is 0.136 e. The molecule has 3 aromatic heterocycles. The van der Waals surface area contributed by atoms with Crippen LogP contribution in [0.4, 0.5) is 17.1 Å². The van der Waals surface area contributed by atoms with Crippen LogP contribution in [0, 0.1) is 0 Å². The summed E-state index contributed by atoms with van der Waals surface area (Å²) in [5, 5.41) is 7.50. The van der Waals surface area contributed by atoms with Crippen LogP contribution in [-0.4, -0.2) is 0 Å². The molecule has 3 heterocycles. The molecule has 0 saturated heterocycles. The third-order valence-corrected chi connectivity index (χ3v) is 12.7. The van der Waals surface area contributed by atoms with Crippen LogP contribution in [0.15, 0.2) is 180 Å². The van der Waals surface area contributed by atoms with Gasteiger partial charge in [-0.1, -0.05) is 109 Å². The molecular formula is C48H29NOS2. The maximum atomic E-state index is 6.31. The standard InChI is InChI=1S/C48H29NOS2/c1-2-9-30(10-3-1)31-17-22-34(23-18-31)49(35-24-19-32(20-25-35)33-21-28-45-40(29-33)36-11-5-7-16-44(36)51-45)41-14-8-13-37-38-26-27-43-46(48(38)52-47(37)41)39-12-4-6-15-42(39)50-43/h1-29H. The second-order valence-corrected chi connectivity index (χ2v) is 15.4. The lowest BCUT2D eigenvalue weighted by Crippen LogP contribution is -2.10. The van der Waals surface area contributed by atoms with E-state index in [1.54, 1.807) is 0 Å². The highest BCUT2D eigenvalue weighted by Gasteiger charge is 2.21. The molecular weight excluding hydrogens is 671 g/mol. The molecule has 0 N–H and O–H groups in total. The van der Waals surface area contributed by atoms with Crippen LogP contribution in [0.1, 0.15) is 0 Å². The van der Waals surface area contributed by atoms with Gasteiger partial charge in [-0.25, -0.2) is 0 Å². The molecule has 2 nitrogen and oxygen atoms in total. The lowest BCUT2D eigenvalue weighted by Gasteiger charge is -2.26. The molecule has 0 spiro atoms. The van der Waals surface area contributed by atoms with Crippen LogP contribution < -0.4 is 4.90 Å². The minimum absolute atomic E-state index is 0.925. The van der Waals surface area contributed by atoms with E-state index in [9.17, 15) is 0 Å². The zero-order chi connectivity index (χ0) is 34.2. The number of hydrogen-bond donors (Lipinski definition) is 0. The monoisotopic (exact) mass is 699 g/mol. The van der Waals surface area contributed by atoms with E-state index in [2.05, 4.69) is 175 Å². The largest absolute Gasteiger partial charge is 0.456 e. The molecule has 0 radical (unpaired) electrons. The van der Waals surface area contributed by atoms with Gasteiger partial charge in [-0.3, -0.25) is 0 Å². The van der Waals surface area contributed by atoms with Crippen molar-refractivity contribution in [1.29, 1.82) is 0 Å². The Morgan fingerprint density at radius 1 is 0.365 bits per heavy atom. The topological polar surface area (TPSA) is 16.4 Å². The SMILES string of the molecule is c1ccc(-c2ccc(N(c3ccc(-c4ccc5sc6ccccc6c5c4)cc3)c3cccc4c3sc3c4ccc4oc5ccccc5c43)cc2)cc1. The number of para-hydroxylation sites is 1. The first-order valence-electron chi connectivity index (χ1n) is 17.5. The number of nitrogens with zero attached hydrogens (tertiary/aromatic N) is 1. The Morgan fingerprint density at radius 2 is 0.981 bits per heavy atom. The number of furan rings is 1. The summed E-state index contributed by atoms with van der Waals surface area (Å²) in [4.78, 5) is 2.41. The second kappa shape index (κ2) is 11.7. The molecule has 0 amide bonds. The average molecular weight is 700 g/mol. The molecule has 0 aliphatic rings. The molecule has 0 atom stereocenters. The van der Waals surface area contributed by atoms with Gasteiger partial charge in [-0.15, -0.1) is 22.7 Å². The van der Waals surface area contributed by atoms with Gasteiger partial charge in [-0.2, -0.15) is 0 Å². The first-order chi connectivity index (χ1) is 25.8. The summed E-state index contributed by atoms with van der Waals surface area (Å²) in [6, 6.07) is 63.7. The Balaban J connectivity index is 1.08. The summed E-state index contributed by atoms with van der Waals surface area (Å²) in [5.41, 5.74) is 10.1. The first-order valence-corrected chi connectivity index (χ1v) is 19.1. The van der Waals surface area contributed by atoms with E-state index in [-0.39, 0.29) is 0 Å². The van der Waals surface area contributed by atoms with Crippen molar-refractivity contribution in [2.45, 2.75) is 0 Å². The Hall–Kier alpha value is -6.20. The quantitative estimate of drug-likeness (QED) is 0.178.